The van der Waals surface area contributed by atoms with Crippen molar-refractivity contribution in [3.8, 4) is 0 Å². The molecule has 0 spiro atoms. The van der Waals surface area contributed by atoms with Gasteiger partial charge in [-0.15, -0.1) is 0 Å². The van der Waals surface area contributed by atoms with E-state index in [1.54, 1.807) is 7.11 Å². The maximum absolute atomic E-state index is 12.3. The zero-order chi connectivity index (χ0) is 17.2. The minimum absolute atomic E-state index is 0.00376. The number of nitrogens with zero attached hydrogens (tertiary/aromatic N) is 1. The lowest BCUT2D eigenvalue weighted by Crippen LogP contribution is -2.58. The molecule has 0 saturated heterocycles. The number of hydrogen-bond donors (Lipinski definition) is 1. The average Bonchev–Trinajstić information content (AvgIpc) is 3.02. The molecule has 1 heterocycles. The smallest absolute Gasteiger partial charge is 0.251 e. The Balaban J connectivity index is 1.57. The Bertz CT molecular complexity index is 694. The monoisotopic (exact) mass is 328 g/mol. The summed E-state index contributed by atoms with van der Waals surface area (Å²) in [6.07, 6.45) is 1.82. The average molecular weight is 328 g/mol. The van der Waals surface area contributed by atoms with E-state index in [4.69, 9.17) is 9.26 Å². The van der Waals surface area contributed by atoms with Gasteiger partial charge in [0.1, 0.15) is 6.61 Å². The lowest BCUT2D eigenvalue weighted by Gasteiger charge is -2.52. The second-order valence-electron chi connectivity index (χ2n) is 7.07. The molecule has 0 radical (unpaired) electrons. The van der Waals surface area contributed by atoms with Crippen molar-refractivity contribution in [3.63, 3.8) is 0 Å². The third kappa shape index (κ3) is 3.36. The zero-order valence-electron chi connectivity index (χ0n) is 14.4. The summed E-state index contributed by atoms with van der Waals surface area (Å²) in [4.78, 5) is 12.3. The van der Waals surface area contributed by atoms with Crippen molar-refractivity contribution < 1.29 is 14.1 Å². The number of benzene rings is 1. The summed E-state index contributed by atoms with van der Waals surface area (Å²) >= 11 is 0. The van der Waals surface area contributed by atoms with Gasteiger partial charge in [-0.25, -0.2) is 0 Å². The summed E-state index contributed by atoms with van der Waals surface area (Å²) in [6.45, 7) is 4.84. The highest BCUT2D eigenvalue weighted by Gasteiger charge is 2.48. The third-order valence-electron chi connectivity index (χ3n) is 5.16. The Morgan fingerprint density at radius 2 is 2.12 bits per heavy atom. The molecule has 1 aromatic heterocycles. The summed E-state index contributed by atoms with van der Waals surface area (Å²) in [7, 11) is 1.64. The number of carbonyl (C=O) groups is 1. The first-order valence-corrected chi connectivity index (χ1v) is 8.30. The molecule has 3 rings (SSSR count). The summed E-state index contributed by atoms with van der Waals surface area (Å²) in [6, 6.07) is 11.5. The molecule has 0 aliphatic heterocycles. The Labute approximate surface area is 142 Å². The Kier molecular flexibility index (Phi) is 4.71. The van der Waals surface area contributed by atoms with E-state index >= 15 is 0 Å². The maximum atomic E-state index is 12.3. The largest absolute Gasteiger partial charge is 0.377 e. The summed E-state index contributed by atoms with van der Waals surface area (Å²) in [5.41, 5.74) is 1.69. The van der Waals surface area contributed by atoms with Crippen LogP contribution in [0, 0.1) is 11.3 Å². The fourth-order valence-corrected chi connectivity index (χ4v) is 3.35. The van der Waals surface area contributed by atoms with Crippen LogP contribution in [0.25, 0.3) is 0 Å². The van der Waals surface area contributed by atoms with E-state index in [0.717, 1.165) is 24.3 Å². The first-order valence-electron chi connectivity index (χ1n) is 8.30. The molecular weight excluding hydrogens is 304 g/mol. The lowest BCUT2D eigenvalue weighted by molar-refractivity contribution is 0.0138. The van der Waals surface area contributed by atoms with Gasteiger partial charge in [0.25, 0.3) is 5.91 Å². The Morgan fingerprint density at radius 1 is 1.38 bits per heavy atom. The van der Waals surface area contributed by atoms with E-state index in [2.05, 4.69) is 24.3 Å². The van der Waals surface area contributed by atoms with Crippen LogP contribution in [-0.4, -0.2) is 24.2 Å². The SMILES string of the molecule is COCc1cc(C[C@@H]2C[C@H](NC(=O)c3ccccc3)C2(C)C)no1. The van der Waals surface area contributed by atoms with E-state index in [0.29, 0.717) is 18.1 Å². The first-order chi connectivity index (χ1) is 11.5. The Morgan fingerprint density at radius 3 is 2.79 bits per heavy atom. The number of methoxy groups -OCH3 is 1. The highest BCUT2D eigenvalue weighted by molar-refractivity contribution is 5.94. The molecule has 1 aliphatic carbocycles. The van der Waals surface area contributed by atoms with Crippen LogP contribution in [0.5, 0.6) is 0 Å². The molecule has 1 aromatic carbocycles. The number of hydrogen-bond acceptors (Lipinski definition) is 4. The number of aromatic nitrogens is 1. The van der Waals surface area contributed by atoms with Crippen LogP contribution in [-0.2, 0) is 17.8 Å². The van der Waals surface area contributed by atoms with Crippen molar-refractivity contribution in [2.24, 2.45) is 11.3 Å². The summed E-state index contributed by atoms with van der Waals surface area (Å²) in [5, 5.41) is 7.27. The van der Waals surface area contributed by atoms with Crippen LogP contribution in [0.2, 0.25) is 0 Å². The predicted molar refractivity (Wildman–Crippen MR) is 90.5 cm³/mol. The van der Waals surface area contributed by atoms with Gasteiger partial charge in [0.15, 0.2) is 5.76 Å². The van der Waals surface area contributed by atoms with Crippen molar-refractivity contribution >= 4 is 5.91 Å². The number of rotatable bonds is 6. The van der Waals surface area contributed by atoms with E-state index in [-0.39, 0.29) is 17.4 Å². The van der Waals surface area contributed by atoms with Gasteiger partial charge in [0.05, 0.1) is 5.69 Å². The number of nitrogens with one attached hydrogen (secondary N) is 1. The standard InChI is InChI=1S/C19H24N2O3/c1-19(2)14(9-15-11-16(12-23-3)24-21-15)10-17(19)20-18(22)13-7-5-4-6-8-13/h4-8,11,14,17H,9-10,12H2,1-3H3,(H,20,22)/t14-,17+/m1/s1. The molecule has 1 N–H and O–H groups in total. The van der Waals surface area contributed by atoms with E-state index in [9.17, 15) is 4.79 Å². The zero-order valence-corrected chi connectivity index (χ0v) is 14.4. The first kappa shape index (κ1) is 16.7. The van der Waals surface area contributed by atoms with E-state index in [1.165, 1.54) is 0 Å². The highest BCUT2D eigenvalue weighted by atomic mass is 16.5. The second-order valence-corrected chi connectivity index (χ2v) is 7.07. The molecule has 2 aromatic rings. The minimum atomic E-state index is -0.00376. The molecule has 5 heteroatoms. The van der Waals surface area contributed by atoms with Crippen LogP contribution in [0.3, 0.4) is 0 Å². The Hall–Kier alpha value is -2.14. The van der Waals surface area contributed by atoms with Crippen molar-refractivity contribution in [1.29, 1.82) is 0 Å². The third-order valence-corrected chi connectivity index (χ3v) is 5.16. The van der Waals surface area contributed by atoms with Crippen LogP contribution in [0.4, 0.5) is 0 Å². The van der Waals surface area contributed by atoms with Gasteiger partial charge in [0.2, 0.25) is 0 Å². The molecule has 1 saturated carbocycles. The van der Waals surface area contributed by atoms with Crippen LogP contribution in [0.15, 0.2) is 40.9 Å². The van der Waals surface area contributed by atoms with Crippen LogP contribution < -0.4 is 5.32 Å². The molecule has 128 valence electrons. The number of amides is 1. The molecule has 24 heavy (non-hydrogen) atoms. The van der Waals surface area contributed by atoms with Crippen molar-refractivity contribution in [2.75, 3.05) is 7.11 Å². The molecule has 2 atom stereocenters. The quantitative estimate of drug-likeness (QED) is 0.884. The van der Waals surface area contributed by atoms with E-state index < -0.39 is 0 Å². The molecule has 0 bridgehead atoms. The van der Waals surface area contributed by atoms with Gasteiger partial charge in [-0.3, -0.25) is 4.79 Å². The van der Waals surface area contributed by atoms with Gasteiger partial charge >= 0.3 is 0 Å². The van der Waals surface area contributed by atoms with Gasteiger partial charge in [-0.05, 0) is 36.3 Å². The lowest BCUT2D eigenvalue weighted by atomic mass is 9.57. The van der Waals surface area contributed by atoms with Gasteiger partial charge in [0, 0.05) is 24.8 Å². The molecule has 1 aliphatic rings. The summed E-state index contributed by atoms with van der Waals surface area (Å²) in [5.74, 6) is 1.22. The van der Waals surface area contributed by atoms with Crippen molar-refractivity contribution in [2.45, 2.75) is 39.3 Å². The normalized spacial score (nSPS) is 22.0. The second kappa shape index (κ2) is 6.77. The number of carbonyl (C=O) groups excluding carboxylic acids is 1. The fraction of sp³-hybridized carbons (Fsp3) is 0.474. The molecule has 1 fully saturated rings. The number of ether oxygens (including phenoxy) is 1. The molecule has 1 amide bonds. The molecular formula is C19H24N2O3. The van der Waals surface area contributed by atoms with Gasteiger partial charge in [-0.1, -0.05) is 37.2 Å². The van der Waals surface area contributed by atoms with Crippen LogP contribution in [0.1, 0.15) is 42.1 Å². The van der Waals surface area contributed by atoms with Crippen molar-refractivity contribution in [1.82, 2.24) is 10.5 Å². The van der Waals surface area contributed by atoms with Crippen LogP contribution >= 0.6 is 0 Å². The maximum Gasteiger partial charge on any atom is 0.251 e. The van der Waals surface area contributed by atoms with Gasteiger partial charge < -0.3 is 14.6 Å². The predicted octanol–water partition coefficient (Wildman–Crippen LogP) is 3.21. The molecule has 0 unspecified atom stereocenters. The van der Waals surface area contributed by atoms with Crippen molar-refractivity contribution in [3.05, 3.63) is 53.4 Å². The minimum Gasteiger partial charge on any atom is -0.377 e. The van der Waals surface area contributed by atoms with Gasteiger partial charge in [-0.2, -0.15) is 0 Å². The summed E-state index contributed by atoms with van der Waals surface area (Å²) < 4.78 is 10.3. The van der Waals surface area contributed by atoms with E-state index in [1.807, 2.05) is 36.4 Å². The molecule has 5 nitrogen and oxygen atoms in total. The highest BCUT2D eigenvalue weighted by Crippen LogP contribution is 2.47. The fourth-order valence-electron chi connectivity index (χ4n) is 3.35. The topological polar surface area (TPSA) is 64.4 Å².